The lowest BCUT2D eigenvalue weighted by molar-refractivity contribution is -0.118. The number of halogens is 1. The normalized spacial score (nSPS) is 10.7. The van der Waals surface area contributed by atoms with Crippen LogP contribution in [0.4, 0.5) is 5.69 Å². The molecule has 0 spiro atoms. The lowest BCUT2D eigenvalue weighted by Gasteiger charge is -2.06. The van der Waals surface area contributed by atoms with Crippen LogP contribution in [0.3, 0.4) is 0 Å². The van der Waals surface area contributed by atoms with Crippen LogP contribution in [0.2, 0.25) is 0 Å². The number of amides is 2. The SMILES string of the molecule is COc1cc(/C=N/NC(=O)CSCC(=O)Nc2ccc(C)cc2)cc(Br)c1O. The number of carbonyl (C=O) groups excluding carboxylic acids is 2. The van der Waals surface area contributed by atoms with Crippen molar-refractivity contribution in [1.29, 1.82) is 0 Å². The van der Waals surface area contributed by atoms with Crippen molar-refractivity contribution in [3.05, 3.63) is 52.0 Å². The highest BCUT2D eigenvalue weighted by Gasteiger charge is 2.08. The summed E-state index contributed by atoms with van der Waals surface area (Å²) in [6, 6.07) is 10.7. The molecule has 0 radical (unpaired) electrons. The van der Waals surface area contributed by atoms with E-state index in [1.807, 2.05) is 31.2 Å². The van der Waals surface area contributed by atoms with Crippen LogP contribution in [0.1, 0.15) is 11.1 Å². The predicted octanol–water partition coefficient (Wildman–Crippen LogP) is 3.29. The fourth-order valence-corrected chi connectivity index (χ4v) is 3.17. The fraction of sp³-hybridized carbons (Fsp3) is 0.211. The van der Waals surface area contributed by atoms with Gasteiger partial charge in [0.05, 0.1) is 29.3 Å². The van der Waals surface area contributed by atoms with Crippen LogP contribution < -0.4 is 15.5 Å². The molecule has 0 aliphatic rings. The molecule has 2 amide bonds. The molecule has 0 fully saturated rings. The number of rotatable bonds is 8. The molecule has 148 valence electrons. The minimum Gasteiger partial charge on any atom is -0.503 e. The molecule has 0 aliphatic heterocycles. The molecule has 0 aromatic heterocycles. The first-order valence-electron chi connectivity index (χ1n) is 8.21. The summed E-state index contributed by atoms with van der Waals surface area (Å²) in [6.45, 7) is 1.97. The molecular formula is C19H20BrN3O4S. The number of nitrogens with zero attached hydrogens (tertiary/aromatic N) is 1. The molecule has 0 saturated carbocycles. The Morgan fingerprint density at radius 1 is 1.21 bits per heavy atom. The summed E-state index contributed by atoms with van der Waals surface area (Å²) in [7, 11) is 1.44. The number of methoxy groups -OCH3 is 1. The Hall–Kier alpha value is -2.52. The molecule has 2 aromatic carbocycles. The van der Waals surface area contributed by atoms with E-state index < -0.39 is 0 Å². The molecule has 3 N–H and O–H groups in total. The largest absolute Gasteiger partial charge is 0.503 e. The predicted molar refractivity (Wildman–Crippen MR) is 115 cm³/mol. The van der Waals surface area contributed by atoms with Gasteiger partial charge in [0.25, 0.3) is 0 Å². The average molecular weight is 466 g/mol. The van der Waals surface area contributed by atoms with Crippen molar-refractivity contribution in [3.8, 4) is 11.5 Å². The second-order valence-electron chi connectivity index (χ2n) is 5.75. The topological polar surface area (TPSA) is 100 Å². The molecule has 7 nitrogen and oxygen atoms in total. The minimum atomic E-state index is -0.325. The zero-order valence-electron chi connectivity index (χ0n) is 15.4. The summed E-state index contributed by atoms with van der Waals surface area (Å²) in [6.07, 6.45) is 1.43. The van der Waals surface area contributed by atoms with Crippen LogP contribution in [-0.2, 0) is 9.59 Å². The van der Waals surface area contributed by atoms with Gasteiger partial charge in [0.15, 0.2) is 11.5 Å². The third-order valence-corrected chi connectivity index (χ3v) is 5.01. The summed E-state index contributed by atoms with van der Waals surface area (Å²) in [5, 5.41) is 16.4. The highest BCUT2D eigenvalue weighted by atomic mass is 79.9. The van der Waals surface area contributed by atoms with Crippen LogP contribution in [0.5, 0.6) is 11.5 Å². The van der Waals surface area contributed by atoms with E-state index >= 15 is 0 Å². The van der Waals surface area contributed by atoms with E-state index in [2.05, 4.69) is 31.8 Å². The Labute approximate surface area is 175 Å². The van der Waals surface area contributed by atoms with Crippen molar-refractivity contribution in [3.63, 3.8) is 0 Å². The zero-order chi connectivity index (χ0) is 20.5. The second-order valence-corrected chi connectivity index (χ2v) is 7.59. The lowest BCUT2D eigenvalue weighted by atomic mass is 10.2. The first-order chi connectivity index (χ1) is 13.4. The number of phenolic OH excluding ortho intramolecular Hbond substituents is 1. The molecule has 2 rings (SSSR count). The standard InChI is InChI=1S/C19H20BrN3O4S/c1-12-3-5-14(6-4-12)22-17(24)10-28-11-18(25)23-21-9-13-7-15(20)19(26)16(8-13)27-2/h3-9,26H,10-11H2,1-2H3,(H,22,24)(H,23,25)/b21-9+. The van der Waals surface area contributed by atoms with Gasteiger partial charge in [0, 0.05) is 5.69 Å². The van der Waals surface area contributed by atoms with E-state index in [-0.39, 0.29) is 34.8 Å². The highest BCUT2D eigenvalue weighted by molar-refractivity contribution is 9.10. The van der Waals surface area contributed by atoms with E-state index in [1.165, 1.54) is 25.1 Å². The third kappa shape index (κ3) is 6.90. The van der Waals surface area contributed by atoms with Crippen molar-refractivity contribution in [2.75, 3.05) is 23.9 Å². The van der Waals surface area contributed by atoms with Crippen molar-refractivity contribution < 1.29 is 19.4 Å². The molecule has 0 unspecified atom stereocenters. The Balaban J connectivity index is 1.74. The highest BCUT2D eigenvalue weighted by Crippen LogP contribution is 2.34. The quantitative estimate of drug-likeness (QED) is 0.410. The summed E-state index contributed by atoms with van der Waals surface area (Å²) >= 11 is 4.40. The van der Waals surface area contributed by atoms with E-state index in [9.17, 15) is 14.7 Å². The van der Waals surface area contributed by atoms with Crippen LogP contribution in [0, 0.1) is 6.92 Å². The van der Waals surface area contributed by atoms with E-state index in [0.717, 1.165) is 11.3 Å². The van der Waals surface area contributed by atoms with Gasteiger partial charge in [-0.2, -0.15) is 5.10 Å². The summed E-state index contributed by atoms with van der Waals surface area (Å²) in [4.78, 5) is 23.7. The smallest absolute Gasteiger partial charge is 0.250 e. The summed E-state index contributed by atoms with van der Waals surface area (Å²) in [5.74, 6) is 0.0376. The number of thioether (sulfide) groups is 1. The molecular weight excluding hydrogens is 446 g/mol. The average Bonchev–Trinajstić information content (AvgIpc) is 2.66. The first-order valence-corrected chi connectivity index (χ1v) is 10.2. The van der Waals surface area contributed by atoms with Crippen molar-refractivity contribution in [1.82, 2.24) is 5.43 Å². The number of aromatic hydroxyl groups is 1. The number of anilines is 1. The number of phenols is 1. The monoisotopic (exact) mass is 465 g/mol. The molecule has 2 aromatic rings. The van der Waals surface area contributed by atoms with Crippen LogP contribution in [-0.4, -0.2) is 41.8 Å². The summed E-state index contributed by atoms with van der Waals surface area (Å²) in [5.41, 5.74) is 4.86. The van der Waals surface area contributed by atoms with Gasteiger partial charge in [-0.15, -0.1) is 11.8 Å². The van der Waals surface area contributed by atoms with Crippen molar-refractivity contribution in [2.45, 2.75) is 6.92 Å². The maximum atomic E-state index is 11.9. The number of hydrogen-bond donors (Lipinski definition) is 3. The number of carbonyl (C=O) groups is 2. The van der Waals surface area contributed by atoms with Crippen molar-refractivity contribution >= 4 is 51.4 Å². The Morgan fingerprint density at radius 2 is 1.89 bits per heavy atom. The Bertz CT molecular complexity index is 872. The molecule has 28 heavy (non-hydrogen) atoms. The van der Waals surface area contributed by atoms with Gasteiger partial charge in [0.1, 0.15) is 0 Å². The van der Waals surface area contributed by atoms with Crippen LogP contribution >= 0.6 is 27.7 Å². The maximum Gasteiger partial charge on any atom is 0.250 e. The van der Waals surface area contributed by atoms with Gasteiger partial charge < -0.3 is 15.2 Å². The molecule has 9 heteroatoms. The van der Waals surface area contributed by atoms with E-state index in [1.54, 1.807) is 12.1 Å². The number of nitrogens with one attached hydrogen (secondary N) is 2. The Kier molecular flexibility index (Phi) is 8.34. The number of hydrazone groups is 1. The minimum absolute atomic E-state index is 0.0102. The lowest BCUT2D eigenvalue weighted by Crippen LogP contribution is -2.21. The van der Waals surface area contributed by atoms with Crippen LogP contribution in [0.25, 0.3) is 0 Å². The molecule has 0 atom stereocenters. The maximum absolute atomic E-state index is 11.9. The number of ether oxygens (including phenoxy) is 1. The first kappa shape index (κ1) is 21.8. The van der Waals surface area contributed by atoms with Gasteiger partial charge in [0.2, 0.25) is 11.8 Å². The van der Waals surface area contributed by atoms with E-state index in [4.69, 9.17) is 4.74 Å². The van der Waals surface area contributed by atoms with Gasteiger partial charge >= 0.3 is 0 Å². The molecule has 0 bridgehead atoms. The molecule has 0 aliphatic carbocycles. The molecule has 0 heterocycles. The van der Waals surface area contributed by atoms with Crippen molar-refractivity contribution in [2.24, 2.45) is 5.10 Å². The summed E-state index contributed by atoms with van der Waals surface area (Å²) < 4.78 is 5.50. The van der Waals surface area contributed by atoms with Crippen LogP contribution in [0.15, 0.2) is 46.0 Å². The number of aryl methyl sites for hydroxylation is 1. The number of benzene rings is 2. The molecule has 0 saturated heterocycles. The van der Waals surface area contributed by atoms with Gasteiger partial charge in [-0.1, -0.05) is 17.7 Å². The third-order valence-electron chi connectivity index (χ3n) is 3.48. The zero-order valence-corrected chi connectivity index (χ0v) is 17.8. The van der Waals surface area contributed by atoms with Gasteiger partial charge in [-0.3, -0.25) is 9.59 Å². The van der Waals surface area contributed by atoms with E-state index in [0.29, 0.717) is 10.0 Å². The fourth-order valence-electron chi connectivity index (χ4n) is 2.11. The van der Waals surface area contributed by atoms with Gasteiger partial charge in [-0.25, -0.2) is 5.43 Å². The second kappa shape index (κ2) is 10.7. The van der Waals surface area contributed by atoms with Gasteiger partial charge in [-0.05, 0) is 52.7 Å². The number of hydrogen-bond acceptors (Lipinski definition) is 6. The Morgan fingerprint density at radius 3 is 2.57 bits per heavy atom.